The number of aliphatic hydroxyl groups is 1. The molecule has 4 bridgehead atoms. The third-order valence-corrected chi connectivity index (χ3v) is 12.2. The van der Waals surface area contributed by atoms with E-state index in [4.69, 9.17) is 35.5 Å². The van der Waals surface area contributed by atoms with Gasteiger partial charge < -0.3 is 24.1 Å². The Labute approximate surface area is 361 Å². The minimum Gasteiger partial charge on any atom is -0.496 e. The van der Waals surface area contributed by atoms with Crippen molar-refractivity contribution in [3.05, 3.63) is 136 Å². The second-order valence-electron chi connectivity index (χ2n) is 14.5. The zero-order chi connectivity index (χ0) is 42.5. The van der Waals surface area contributed by atoms with Gasteiger partial charge >= 0.3 is 5.97 Å². The lowest BCUT2D eigenvalue weighted by Gasteiger charge is -2.25. The minimum absolute atomic E-state index is 0.0301. The predicted octanol–water partition coefficient (Wildman–Crippen LogP) is 9.42. The number of aliphatic hydroxyl groups excluding tert-OH is 1. The van der Waals surface area contributed by atoms with Gasteiger partial charge in [0.1, 0.15) is 35.1 Å². The van der Waals surface area contributed by atoms with Gasteiger partial charge in [0.05, 0.1) is 30.4 Å². The van der Waals surface area contributed by atoms with Crippen LogP contribution >= 0.6 is 22.9 Å². The summed E-state index contributed by atoms with van der Waals surface area (Å²) in [6, 6.07) is 25.6. The second-order valence-corrected chi connectivity index (χ2v) is 15.9. The van der Waals surface area contributed by atoms with Crippen LogP contribution in [0, 0.1) is 12.7 Å². The lowest BCUT2D eigenvalue weighted by molar-refractivity contribution is -0.151. The normalized spacial score (nSPS) is 14.2. The van der Waals surface area contributed by atoms with Crippen molar-refractivity contribution in [3.8, 4) is 50.3 Å². The molecule has 5 heterocycles. The first-order valence-corrected chi connectivity index (χ1v) is 21.1. The SMILES string of the molecule is CCOC(=O)[C@H]1Cc2cc(ccc2OCc2ccnc(-c3ccccc3OC)n2)CN(CCCO)Cc2ccc(c(C)c2Cl)-c2c(-c3ccc(F)cc3)sc3ncnc(c23)O1. The zero-order valence-electron chi connectivity index (χ0n) is 33.9. The van der Waals surface area contributed by atoms with E-state index in [0.29, 0.717) is 69.9 Å². The summed E-state index contributed by atoms with van der Waals surface area (Å²) in [5.74, 6) is 0.931. The van der Waals surface area contributed by atoms with Gasteiger partial charge in [-0.2, -0.15) is 0 Å². The van der Waals surface area contributed by atoms with Crippen LogP contribution in [-0.4, -0.2) is 68.9 Å². The molecular weight excluding hydrogens is 817 g/mol. The van der Waals surface area contributed by atoms with Crippen molar-refractivity contribution in [2.45, 2.75) is 52.5 Å². The van der Waals surface area contributed by atoms with E-state index in [2.05, 4.69) is 19.9 Å². The predicted molar refractivity (Wildman–Crippen MR) is 233 cm³/mol. The summed E-state index contributed by atoms with van der Waals surface area (Å²) < 4.78 is 38.6. The molecule has 0 spiro atoms. The fraction of sp³-hybridized carbons (Fsp3) is 0.255. The standard InChI is InChI=1S/C47H43ClFN5O6S/c1-4-58-47(56)39-23-32-22-29(10-17-37(32)59-26-34-18-19-50-44(53-34)36-8-5-6-9-38(36)57-3)24-54(20-7-21-55)25-31-13-16-35(28(2)42(31)48)40-41-45(60-39)51-27-52-46(41)61-43(40)30-11-14-33(49)15-12-30/h5-6,8-19,22,27,39,55H,4,7,20-21,23-26H2,1-3H3/t39-/m1/s1. The van der Waals surface area contributed by atoms with Crippen LogP contribution in [-0.2, 0) is 35.6 Å². The van der Waals surface area contributed by atoms with Gasteiger partial charge in [0.25, 0.3) is 0 Å². The summed E-state index contributed by atoms with van der Waals surface area (Å²) >= 11 is 8.68. The maximum Gasteiger partial charge on any atom is 0.347 e. The summed E-state index contributed by atoms with van der Waals surface area (Å²) in [6.45, 7) is 5.60. The first-order chi connectivity index (χ1) is 29.7. The maximum absolute atomic E-state index is 14.2. The Morgan fingerprint density at radius 1 is 0.984 bits per heavy atom. The highest BCUT2D eigenvalue weighted by Gasteiger charge is 2.30. The number of aromatic nitrogens is 4. The maximum atomic E-state index is 14.2. The highest BCUT2D eigenvalue weighted by molar-refractivity contribution is 7.22. The molecule has 0 saturated carbocycles. The molecule has 1 atom stereocenters. The molecule has 11 nitrogen and oxygen atoms in total. The summed E-state index contributed by atoms with van der Waals surface area (Å²) in [5, 5.41) is 11.1. The van der Waals surface area contributed by atoms with Crippen molar-refractivity contribution in [1.29, 1.82) is 0 Å². The van der Waals surface area contributed by atoms with E-state index in [0.717, 1.165) is 43.8 Å². The van der Waals surface area contributed by atoms with E-state index >= 15 is 0 Å². The molecule has 0 saturated heterocycles. The highest BCUT2D eigenvalue weighted by atomic mass is 35.5. The third kappa shape index (κ3) is 9.06. The number of para-hydroxylation sites is 1. The molecule has 4 aromatic carbocycles. The highest BCUT2D eigenvalue weighted by Crippen LogP contribution is 2.49. The van der Waals surface area contributed by atoms with Gasteiger partial charge in [-0.15, -0.1) is 11.3 Å². The van der Waals surface area contributed by atoms with Crippen LogP contribution in [0.2, 0.25) is 5.02 Å². The Morgan fingerprint density at radius 3 is 2.62 bits per heavy atom. The van der Waals surface area contributed by atoms with Gasteiger partial charge in [-0.3, -0.25) is 4.90 Å². The van der Waals surface area contributed by atoms with Crippen LogP contribution in [0.4, 0.5) is 4.39 Å². The molecule has 9 rings (SSSR count). The average Bonchev–Trinajstić information content (AvgIpc) is 3.67. The summed E-state index contributed by atoms with van der Waals surface area (Å²) in [4.78, 5) is 36.2. The van der Waals surface area contributed by atoms with E-state index in [1.165, 1.54) is 29.8 Å². The number of rotatable bonds is 11. The summed E-state index contributed by atoms with van der Waals surface area (Å²) in [5.41, 5.74) is 7.13. The smallest absolute Gasteiger partial charge is 0.347 e. The first-order valence-electron chi connectivity index (χ1n) is 19.9. The van der Waals surface area contributed by atoms with Crippen LogP contribution in [0.25, 0.3) is 43.2 Å². The Balaban J connectivity index is 1.25. The summed E-state index contributed by atoms with van der Waals surface area (Å²) in [6.07, 6.45) is 2.57. The van der Waals surface area contributed by atoms with E-state index in [1.54, 1.807) is 38.4 Å². The fourth-order valence-corrected chi connectivity index (χ4v) is 8.94. The molecule has 0 aliphatic carbocycles. The van der Waals surface area contributed by atoms with Gasteiger partial charge in [-0.05, 0) is 90.0 Å². The number of carbonyl (C=O) groups is 1. The largest absolute Gasteiger partial charge is 0.496 e. The number of methoxy groups -OCH3 is 1. The lowest BCUT2D eigenvalue weighted by atomic mass is 9.94. The van der Waals surface area contributed by atoms with E-state index < -0.39 is 12.1 Å². The number of carbonyl (C=O) groups excluding carboxylic acids is 1. The number of hydrogen-bond acceptors (Lipinski definition) is 12. The number of benzene rings is 4. The molecule has 2 aliphatic rings. The van der Waals surface area contributed by atoms with Gasteiger partial charge in [-0.25, -0.2) is 29.1 Å². The molecule has 0 amide bonds. The number of hydrogen-bond donors (Lipinski definition) is 1. The van der Waals surface area contributed by atoms with Crippen molar-refractivity contribution in [2.24, 2.45) is 0 Å². The fourth-order valence-electron chi connectivity index (χ4n) is 7.56. The molecule has 61 heavy (non-hydrogen) atoms. The Morgan fingerprint density at radius 2 is 1.82 bits per heavy atom. The Hall–Kier alpha value is -5.99. The number of thiophene rings is 1. The Kier molecular flexibility index (Phi) is 12.8. The zero-order valence-corrected chi connectivity index (χ0v) is 35.4. The van der Waals surface area contributed by atoms with Crippen molar-refractivity contribution in [2.75, 3.05) is 26.9 Å². The monoisotopic (exact) mass is 859 g/mol. The van der Waals surface area contributed by atoms with Crippen LogP contribution in [0.1, 0.15) is 41.3 Å². The van der Waals surface area contributed by atoms with Gasteiger partial charge in [0.15, 0.2) is 5.82 Å². The van der Waals surface area contributed by atoms with Crippen LogP contribution in [0.5, 0.6) is 17.4 Å². The second kappa shape index (κ2) is 18.7. The van der Waals surface area contributed by atoms with Gasteiger partial charge in [0, 0.05) is 54.3 Å². The molecule has 0 radical (unpaired) electrons. The third-order valence-electron chi connectivity index (χ3n) is 10.5. The van der Waals surface area contributed by atoms with E-state index in [-0.39, 0.29) is 37.9 Å². The number of nitrogens with zero attached hydrogens (tertiary/aromatic N) is 5. The quantitative estimate of drug-likeness (QED) is 0.125. The van der Waals surface area contributed by atoms with E-state index in [9.17, 15) is 14.3 Å². The molecule has 14 heteroatoms. The number of halogens is 2. The first kappa shape index (κ1) is 41.7. The molecule has 2 aliphatic heterocycles. The molecular formula is C47H43ClFN5O6S. The van der Waals surface area contributed by atoms with Gasteiger partial charge in [-0.1, -0.05) is 60.1 Å². The van der Waals surface area contributed by atoms with Gasteiger partial charge in [0.2, 0.25) is 12.0 Å². The van der Waals surface area contributed by atoms with Crippen molar-refractivity contribution in [3.63, 3.8) is 0 Å². The van der Waals surface area contributed by atoms with Crippen LogP contribution < -0.4 is 14.2 Å². The topological polar surface area (TPSA) is 129 Å². The average molecular weight is 860 g/mol. The minimum atomic E-state index is -1.15. The molecule has 0 unspecified atom stereocenters. The number of fused-ring (bicyclic) bond motifs is 6. The van der Waals surface area contributed by atoms with Crippen molar-refractivity contribution < 1.29 is 33.2 Å². The number of ether oxygens (including phenoxy) is 4. The Bertz CT molecular complexity index is 2700. The van der Waals surface area contributed by atoms with E-state index in [1.807, 2.05) is 61.5 Å². The molecule has 0 fully saturated rings. The van der Waals surface area contributed by atoms with Crippen molar-refractivity contribution in [1.82, 2.24) is 24.8 Å². The summed E-state index contributed by atoms with van der Waals surface area (Å²) in [7, 11) is 1.61. The molecule has 3 aromatic heterocycles. The number of esters is 1. The molecule has 7 aromatic rings. The lowest BCUT2D eigenvalue weighted by Crippen LogP contribution is -2.32. The molecule has 1 N–H and O–H groups in total. The van der Waals surface area contributed by atoms with Crippen LogP contribution in [0.3, 0.4) is 0 Å². The van der Waals surface area contributed by atoms with Crippen LogP contribution in [0.15, 0.2) is 97.5 Å². The van der Waals surface area contributed by atoms with Crippen molar-refractivity contribution >= 4 is 39.1 Å². The molecule has 312 valence electrons.